The normalized spacial score (nSPS) is 19.8. The highest BCUT2D eigenvalue weighted by atomic mass is 19.2. The number of benzene rings is 2. The minimum Gasteiger partial charge on any atom is -0.374 e. The minimum absolute atomic E-state index is 0.0199. The highest BCUT2D eigenvalue weighted by molar-refractivity contribution is 5.78. The first-order valence-electron chi connectivity index (χ1n) is 8.58. The van der Waals surface area contributed by atoms with Gasteiger partial charge < -0.3 is 4.74 Å². The van der Waals surface area contributed by atoms with E-state index in [2.05, 4.69) is 0 Å². The minimum atomic E-state index is -0.810. The summed E-state index contributed by atoms with van der Waals surface area (Å²) in [5, 5.41) is 0. The van der Waals surface area contributed by atoms with E-state index in [1.807, 2.05) is 51.1 Å². The van der Waals surface area contributed by atoms with Crippen molar-refractivity contribution in [3.63, 3.8) is 0 Å². The first-order chi connectivity index (χ1) is 12.0. The Balaban J connectivity index is 1.95. The topological polar surface area (TPSA) is 9.23 Å². The lowest BCUT2D eigenvalue weighted by Crippen LogP contribution is -2.20. The summed E-state index contributed by atoms with van der Waals surface area (Å²) in [5.41, 5.74) is 3.01. The molecular weight excluding hydrogens is 318 g/mol. The van der Waals surface area contributed by atoms with Gasteiger partial charge in [-0.1, -0.05) is 67.1 Å². The molecule has 2 aromatic rings. The summed E-state index contributed by atoms with van der Waals surface area (Å²) in [5.74, 6) is -1.51. The number of ether oxygens (including phenoxy) is 1. The molecule has 0 bridgehead atoms. The van der Waals surface area contributed by atoms with Crippen molar-refractivity contribution in [3.8, 4) is 11.1 Å². The first kappa shape index (κ1) is 17.6. The van der Waals surface area contributed by atoms with Crippen LogP contribution in [0.2, 0.25) is 0 Å². The highest BCUT2D eigenvalue weighted by Crippen LogP contribution is 2.32. The highest BCUT2D eigenvalue weighted by Gasteiger charge is 2.21. The predicted molar refractivity (Wildman–Crippen MR) is 98.2 cm³/mol. The Morgan fingerprint density at radius 3 is 2.24 bits per heavy atom. The van der Waals surface area contributed by atoms with Crippen LogP contribution in [0, 0.1) is 24.5 Å². The van der Waals surface area contributed by atoms with Crippen LogP contribution in [0.15, 0.2) is 54.6 Å². The summed E-state index contributed by atoms with van der Waals surface area (Å²) >= 11 is 0. The van der Waals surface area contributed by atoms with Gasteiger partial charge in [-0.3, -0.25) is 0 Å². The summed E-state index contributed by atoms with van der Waals surface area (Å²) in [4.78, 5) is 0. The molecule has 130 valence electrons. The van der Waals surface area contributed by atoms with Crippen molar-refractivity contribution in [3.05, 3.63) is 77.4 Å². The Morgan fingerprint density at radius 1 is 0.960 bits per heavy atom. The van der Waals surface area contributed by atoms with E-state index in [9.17, 15) is 8.78 Å². The van der Waals surface area contributed by atoms with Crippen LogP contribution in [0.1, 0.15) is 25.0 Å². The monoisotopic (exact) mass is 340 g/mol. The number of hydrogen-bond donors (Lipinski definition) is 0. The van der Waals surface area contributed by atoms with E-state index < -0.39 is 11.6 Å². The van der Waals surface area contributed by atoms with Crippen LogP contribution >= 0.6 is 0 Å². The van der Waals surface area contributed by atoms with Crippen molar-refractivity contribution in [2.45, 2.75) is 26.9 Å². The molecule has 2 aromatic carbocycles. The molecule has 0 aliphatic heterocycles. The number of allylic oxidation sites excluding steroid dienone is 2. The van der Waals surface area contributed by atoms with E-state index in [4.69, 9.17) is 4.74 Å². The van der Waals surface area contributed by atoms with Gasteiger partial charge in [0.25, 0.3) is 0 Å². The summed E-state index contributed by atoms with van der Waals surface area (Å²) in [6.45, 7) is 6.54. The zero-order valence-electron chi connectivity index (χ0n) is 14.7. The fraction of sp³-hybridized carbons (Fsp3) is 0.273. The molecule has 2 atom stereocenters. The second kappa shape index (κ2) is 7.32. The third-order valence-corrected chi connectivity index (χ3v) is 4.54. The Hall–Kier alpha value is -2.26. The number of aryl methyl sites for hydroxylation is 1. The SMILES string of the molecule is CCOC1C=CC(c2ccc(-c3ccc(C)cc3)c(F)c2F)=C[C@@H]1C. The maximum Gasteiger partial charge on any atom is 0.167 e. The van der Waals surface area contributed by atoms with Gasteiger partial charge in [-0.25, -0.2) is 8.78 Å². The van der Waals surface area contributed by atoms with Crippen LogP contribution in [0.4, 0.5) is 8.78 Å². The van der Waals surface area contributed by atoms with Crippen LogP contribution in [-0.2, 0) is 4.74 Å². The van der Waals surface area contributed by atoms with Crippen molar-refractivity contribution < 1.29 is 13.5 Å². The average molecular weight is 340 g/mol. The van der Waals surface area contributed by atoms with Crippen LogP contribution in [0.5, 0.6) is 0 Å². The van der Waals surface area contributed by atoms with Gasteiger partial charge in [0.1, 0.15) is 0 Å². The van der Waals surface area contributed by atoms with Crippen LogP contribution in [0.3, 0.4) is 0 Å². The van der Waals surface area contributed by atoms with E-state index >= 15 is 0 Å². The van der Waals surface area contributed by atoms with Crippen molar-refractivity contribution in [1.29, 1.82) is 0 Å². The molecule has 3 rings (SSSR count). The van der Waals surface area contributed by atoms with Gasteiger partial charge in [-0.15, -0.1) is 0 Å². The average Bonchev–Trinajstić information content (AvgIpc) is 2.60. The summed E-state index contributed by atoms with van der Waals surface area (Å²) in [7, 11) is 0. The molecule has 0 fully saturated rings. The molecule has 1 aliphatic carbocycles. The largest absolute Gasteiger partial charge is 0.374 e. The molecule has 0 saturated heterocycles. The van der Waals surface area contributed by atoms with Crippen molar-refractivity contribution in [1.82, 2.24) is 0 Å². The molecule has 0 N–H and O–H groups in total. The van der Waals surface area contributed by atoms with E-state index in [0.29, 0.717) is 17.7 Å². The maximum absolute atomic E-state index is 14.7. The third kappa shape index (κ3) is 3.57. The quantitative estimate of drug-likeness (QED) is 0.670. The van der Waals surface area contributed by atoms with Crippen molar-refractivity contribution in [2.75, 3.05) is 6.61 Å². The molecule has 1 aliphatic rings. The molecule has 1 unspecified atom stereocenters. The lowest BCUT2D eigenvalue weighted by atomic mass is 9.90. The summed E-state index contributed by atoms with van der Waals surface area (Å²) in [6, 6.07) is 10.7. The van der Waals surface area contributed by atoms with Crippen molar-refractivity contribution in [2.24, 2.45) is 5.92 Å². The van der Waals surface area contributed by atoms with Gasteiger partial charge in [-0.05, 0) is 25.0 Å². The van der Waals surface area contributed by atoms with Gasteiger partial charge >= 0.3 is 0 Å². The standard InChI is InChI=1S/C22H22F2O/c1-4-25-20-12-9-17(13-15(20)3)19-11-10-18(21(23)22(19)24)16-7-5-14(2)6-8-16/h5-13,15,20H,4H2,1-3H3/t15-,20?/m0/s1. The van der Waals surface area contributed by atoms with E-state index in [1.165, 1.54) is 0 Å². The second-order valence-corrected chi connectivity index (χ2v) is 6.41. The Kier molecular flexibility index (Phi) is 5.14. The Labute approximate surface area is 147 Å². The van der Waals surface area contributed by atoms with E-state index in [1.54, 1.807) is 24.3 Å². The molecule has 0 radical (unpaired) electrons. The Morgan fingerprint density at radius 2 is 1.60 bits per heavy atom. The molecule has 0 saturated carbocycles. The van der Waals surface area contributed by atoms with Gasteiger partial charge in [-0.2, -0.15) is 0 Å². The molecule has 0 aromatic heterocycles. The summed E-state index contributed by atoms with van der Waals surface area (Å²) in [6.07, 6.45) is 5.64. The Bertz CT molecular complexity index is 819. The summed E-state index contributed by atoms with van der Waals surface area (Å²) < 4.78 is 35.0. The number of halogens is 2. The zero-order valence-corrected chi connectivity index (χ0v) is 14.7. The van der Waals surface area contributed by atoms with E-state index in [-0.39, 0.29) is 23.1 Å². The maximum atomic E-state index is 14.7. The molecule has 1 nitrogen and oxygen atoms in total. The van der Waals surface area contributed by atoms with E-state index in [0.717, 1.165) is 5.56 Å². The molecule has 0 heterocycles. The van der Waals surface area contributed by atoms with Gasteiger partial charge in [0.15, 0.2) is 11.6 Å². The smallest absolute Gasteiger partial charge is 0.167 e. The molecular formula is C22H22F2O. The lowest BCUT2D eigenvalue weighted by molar-refractivity contribution is 0.0720. The van der Waals surface area contributed by atoms with Gasteiger partial charge in [0.05, 0.1) is 6.10 Å². The van der Waals surface area contributed by atoms with Crippen molar-refractivity contribution >= 4 is 5.57 Å². The lowest BCUT2D eigenvalue weighted by Gasteiger charge is -2.23. The first-order valence-corrected chi connectivity index (χ1v) is 8.58. The molecule has 0 spiro atoms. The fourth-order valence-electron chi connectivity index (χ4n) is 3.12. The van der Waals surface area contributed by atoms with Crippen LogP contribution in [-0.4, -0.2) is 12.7 Å². The molecule has 0 amide bonds. The number of hydrogen-bond acceptors (Lipinski definition) is 1. The van der Waals surface area contributed by atoms with Crippen LogP contribution < -0.4 is 0 Å². The zero-order chi connectivity index (χ0) is 18.0. The predicted octanol–water partition coefficient (Wildman–Crippen LogP) is 5.93. The molecule has 25 heavy (non-hydrogen) atoms. The third-order valence-electron chi connectivity index (χ3n) is 4.54. The second-order valence-electron chi connectivity index (χ2n) is 6.41. The fourth-order valence-corrected chi connectivity index (χ4v) is 3.12. The number of rotatable bonds is 4. The van der Waals surface area contributed by atoms with Crippen LogP contribution in [0.25, 0.3) is 16.7 Å². The molecule has 3 heteroatoms. The van der Waals surface area contributed by atoms with Gasteiger partial charge in [0, 0.05) is 23.7 Å². The van der Waals surface area contributed by atoms with Gasteiger partial charge in [0.2, 0.25) is 0 Å².